The molecule has 0 aliphatic carbocycles. The van der Waals surface area contributed by atoms with E-state index >= 15 is 5.21 Å². The molecule has 0 fully saturated rings. The fourth-order valence-corrected chi connectivity index (χ4v) is 20.9. The molecule has 0 saturated carbocycles. The molecule has 13 heterocycles. The first kappa shape index (κ1) is 77.8. The molecule has 0 amide bonds. The molecule has 27 aromatic rings. The Balaban J connectivity index is 0.00000939. The molecule has 26 heteroatoms. The summed E-state index contributed by atoms with van der Waals surface area (Å²) < 4.78 is 17.5. The molecule has 0 saturated heterocycles. The van der Waals surface area contributed by atoms with Gasteiger partial charge in [0.1, 0.15) is 0 Å². The zero-order valence-electron chi connectivity index (χ0n) is 73.0. The number of rotatable bonds is 16. The first-order chi connectivity index (χ1) is 67.8. The molecule has 8 bridgehead atoms. The number of benzene rings is 16. The SMILES string of the molecule is On1c2nc3nc(nc4[n-]c(nc5nc(nc1c1c(Nn6ccc7ccccc76)c6ccccc6c(Nn6ccc7ccccc76)c12)-c1c-5c(Nn2ccc5ccccc52)c2ccccc2c1Nn1ccc2ccccc21)c1c(Nn2ccc5ccccc52)c2ccccc2c(Nn2ccc5ccccc52)c41)-c1c-3c(Nn2ccc3ccccc32)c2ccccc2c1Nn1ccc2ccccc21.[V]. The molecule has 0 spiro atoms. The second-order valence-electron chi connectivity index (χ2n) is 34.7. The summed E-state index contributed by atoms with van der Waals surface area (Å²) in [4.78, 5) is 43.0. The maximum absolute atomic E-state index is 15.2. The summed E-state index contributed by atoms with van der Waals surface area (Å²) in [5, 5.41) is 31.6. The van der Waals surface area contributed by atoms with Crippen molar-refractivity contribution in [2.45, 2.75) is 0 Å². The molecule has 1 radical (unpaired) electrons. The number of anilines is 8. The van der Waals surface area contributed by atoms with Crippen LogP contribution in [-0.4, -0.2) is 77.3 Å². The normalized spacial score (nSPS) is 12.0. The van der Waals surface area contributed by atoms with Crippen LogP contribution in [-0.2, 0) is 18.6 Å². The Morgan fingerprint density at radius 2 is 0.362 bits per heavy atom. The minimum Gasteiger partial charge on any atom is -0.425 e. The van der Waals surface area contributed by atoms with Gasteiger partial charge in [0.25, 0.3) is 0 Å². The fraction of sp³-hybridized carbons (Fsp3) is 0. The van der Waals surface area contributed by atoms with Gasteiger partial charge in [-0.05, 0) is 97.1 Å². The largest absolute Gasteiger partial charge is 0.425 e. The van der Waals surface area contributed by atoms with E-state index in [4.69, 9.17) is 34.9 Å². The molecular formula is C112H73N24OV-. The third kappa shape index (κ3) is 11.8. The molecule has 0 unspecified atom stereocenters. The van der Waals surface area contributed by atoms with Crippen molar-refractivity contribution in [1.82, 2.24) is 77.0 Å². The molecular weight excluding hydrogens is 1750 g/mol. The van der Waals surface area contributed by atoms with Crippen LogP contribution in [0.3, 0.4) is 0 Å². The van der Waals surface area contributed by atoms with E-state index < -0.39 is 0 Å². The Hall–Kier alpha value is -19.0. The number of fused-ring (bicyclic) bond motifs is 32. The number of hydrogen-bond donors (Lipinski definition) is 9. The Kier molecular flexibility index (Phi) is 17.1. The Bertz CT molecular complexity index is 9490. The molecule has 138 heavy (non-hydrogen) atoms. The second kappa shape index (κ2) is 30.3. The van der Waals surface area contributed by atoms with E-state index in [1.54, 1.807) is 0 Å². The van der Waals surface area contributed by atoms with Gasteiger partial charge in [-0.1, -0.05) is 243 Å². The van der Waals surface area contributed by atoms with E-state index in [0.29, 0.717) is 89.3 Å². The number of aromatic nitrogens is 16. The quantitative estimate of drug-likeness (QED) is 0.0322. The molecule has 9 N–H and O–H groups in total. The van der Waals surface area contributed by atoms with Crippen molar-refractivity contribution in [1.29, 1.82) is 0 Å². The minimum atomic E-state index is 0. The molecule has 653 valence electrons. The third-order valence-corrected chi connectivity index (χ3v) is 27.2. The fourth-order valence-electron chi connectivity index (χ4n) is 20.9. The average Bonchev–Trinajstić information content (AvgIpc) is 1.54. The van der Waals surface area contributed by atoms with Crippen LogP contribution in [0.25, 0.3) is 220 Å². The maximum atomic E-state index is 15.2. The van der Waals surface area contributed by atoms with Crippen LogP contribution >= 0.6 is 0 Å². The van der Waals surface area contributed by atoms with Crippen molar-refractivity contribution < 1.29 is 23.8 Å². The van der Waals surface area contributed by atoms with Gasteiger partial charge in [-0.15, -0.1) is 4.73 Å². The van der Waals surface area contributed by atoms with E-state index in [9.17, 15) is 0 Å². The smallest absolute Gasteiger partial charge is 0.182 e. The zero-order valence-corrected chi connectivity index (χ0v) is 74.4. The van der Waals surface area contributed by atoms with Crippen molar-refractivity contribution in [3.05, 3.63) is 389 Å². The monoisotopic (exact) mass is 1820 g/mol. The van der Waals surface area contributed by atoms with Crippen LogP contribution in [0.2, 0.25) is 0 Å². The van der Waals surface area contributed by atoms with Crippen molar-refractivity contribution in [3.63, 3.8) is 0 Å². The molecule has 29 rings (SSSR count). The topological polar surface area (TPSA) is 252 Å². The van der Waals surface area contributed by atoms with Gasteiger partial charge in [-0.2, -0.15) is 0 Å². The van der Waals surface area contributed by atoms with Crippen LogP contribution in [0.15, 0.2) is 389 Å². The van der Waals surface area contributed by atoms with E-state index in [1.165, 1.54) is 0 Å². The summed E-state index contributed by atoms with van der Waals surface area (Å²) in [6, 6.07) is 117. The van der Waals surface area contributed by atoms with Crippen molar-refractivity contribution in [2.24, 2.45) is 0 Å². The van der Waals surface area contributed by atoms with Crippen LogP contribution in [0.4, 0.5) is 45.5 Å². The van der Waals surface area contributed by atoms with Crippen molar-refractivity contribution in [3.8, 4) is 45.6 Å². The van der Waals surface area contributed by atoms with Crippen LogP contribution < -0.4 is 48.4 Å². The van der Waals surface area contributed by atoms with Gasteiger partial charge in [0.05, 0.1) is 123 Å². The second-order valence-corrected chi connectivity index (χ2v) is 34.7. The van der Waals surface area contributed by atoms with Crippen LogP contribution in [0.5, 0.6) is 0 Å². The van der Waals surface area contributed by atoms with Gasteiger partial charge < -0.3 is 20.2 Å². The van der Waals surface area contributed by atoms with Gasteiger partial charge >= 0.3 is 0 Å². The predicted octanol–water partition coefficient (Wildman–Crippen LogP) is 25.5. The Morgan fingerprint density at radius 3 is 0.580 bits per heavy atom. The van der Waals surface area contributed by atoms with Gasteiger partial charge in [0.15, 0.2) is 22.9 Å². The molecule has 16 aromatic carbocycles. The van der Waals surface area contributed by atoms with Crippen LogP contribution in [0.1, 0.15) is 0 Å². The summed E-state index contributed by atoms with van der Waals surface area (Å²) in [6.45, 7) is 0. The van der Waals surface area contributed by atoms with E-state index in [-0.39, 0.29) is 64.4 Å². The Morgan fingerprint density at radius 1 is 0.188 bits per heavy atom. The summed E-state index contributed by atoms with van der Waals surface area (Å²) in [7, 11) is 0. The number of para-hydroxylation sites is 8. The minimum absolute atomic E-state index is 0. The summed E-state index contributed by atoms with van der Waals surface area (Å²) in [5.74, 6) is 0.723. The summed E-state index contributed by atoms with van der Waals surface area (Å²) in [5.41, 5.74) is 47.2. The van der Waals surface area contributed by atoms with Crippen LogP contribution in [0, 0.1) is 0 Å². The van der Waals surface area contributed by atoms with E-state index in [2.05, 4.69) is 320 Å². The molecule has 0 atom stereocenters. The number of nitrogens with zero attached hydrogens (tertiary/aromatic N) is 16. The zero-order chi connectivity index (χ0) is 89.8. The average molecular weight is 1820 g/mol. The van der Waals surface area contributed by atoms with Gasteiger partial charge in [0, 0.05) is 188 Å². The van der Waals surface area contributed by atoms with Crippen molar-refractivity contribution >= 4 is 220 Å². The van der Waals surface area contributed by atoms with Gasteiger partial charge in [-0.25, -0.2) is 19.9 Å². The molecule has 2 aliphatic rings. The van der Waals surface area contributed by atoms with Crippen molar-refractivity contribution in [2.75, 3.05) is 43.4 Å². The predicted molar refractivity (Wildman–Crippen MR) is 554 cm³/mol. The van der Waals surface area contributed by atoms with Gasteiger partial charge in [-0.3, -0.25) is 80.8 Å². The summed E-state index contributed by atoms with van der Waals surface area (Å²) >= 11 is 0. The standard InChI is InChI=1S/C112H73N24O.V/c137-136-111-95-96(104(127-135-64-56-72-32-8-24-48-88(72)135)80-40-16-15-39-79(80)103(95)126-134-63-55-71-31-7-23-47-87(71)134)112(136)119-110-94-92(100(123-131-60-52-68-28-4-20-44-84(68)131)76-36-12-14-38-78(76)102(94)125-133-62-54-70-30-6-22-46-86(70)133)108(117-110)115-106-90-89(97(120-128-57-49-65-25-1-17-41-81(65)128)73-33-9-10-34-74(73)98(90)121-129-58-50-66-26-2-18-42-82(66)129)105(113-106)114-107-91-93(109(116-107)118-111)101(124-132-61-53-69-29-5-21-45-85(69)132)77-37-13-11-35-75(77)99(91)122-130-59-51-67-27-3-19-43-83(67)130;/h1-64,120-127,137H;/q-1;. The summed E-state index contributed by atoms with van der Waals surface area (Å²) in [6.07, 6.45) is 16.3. The molecule has 25 nitrogen and oxygen atoms in total. The molecule has 11 aromatic heterocycles. The Labute approximate surface area is 793 Å². The van der Waals surface area contributed by atoms with E-state index in [1.807, 2.05) is 150 Å². The maximum Gasteiger partial charge on any atom is 0.182 e. The first-order valence-electron chi connectivity index (χ1n) is 45.3. The first-order valence-corrected chi connectivity index (χ1v) is 45.3. The molecule has 2 aliphatic heterocycles. The van der Waals surface area contributed by atoms with Gasteiger partial charge in [0.2, 0.25) is 0 Å². The number of hydrogen-bond acceptors (Lipinski definition) is 15. The number of nitrogens with one attached hydrogen (secondary N) is 8. The third-order valence-electron chi connectivity index (χ3n) is 27.2. The van der Waals surface area contributed by atoms with E-state index in [0.717, 1.165) is 135 Å².